The first-order valence-electron chi connectivity index (χ1n) is 6.67. The number of amides is 1. The lowest BCUT2D eigenvalue weighted by Crippen LogP contribution is -2.34. The predicted molar refractivity (Wildman–Crippen MR) is 60.0 cm³/mol. The SMILES string of the molecule is O=CNC12CC1(c1nnc(C3CC(OC(F)(F)F)C3)o1)C2. The highest BCUT2D eigenvalue weighted by molar-refractivity contribution is 5.60. The monoisotopic (exact) mass is 303 g/mol. The van der Waals surface area contributed by atoms with Gasteiger partial charge in [-0.2, -0.15) is 0 Å². The van der Waals surface area contributed by atoms with Gasteiger partial charge in [0.1, 0.15) is 0 Å². The van der Waals surface area contributed by atoms with Gasteiger partial charge in [-0.1, -0.05) is 0 Å². The summed E-state index contributed by atoms with van der Waals surface area (Å²) in [6, 6.07) is 0. The number of carbonyl (C=O) groups excluding carboxylic acids is 1. The number of ether oxygens (including phenoxy) is 1. The molecule has 3 fully saturated rings. The van der Waals surface area contributed by atoms with Gasteiger partial charge in [0.2, 0.25) is 18.2 Å². The van der Waals surface area contributed by atoms with Gasteiger partial charge in [0.25, 0.3) is 0 Å². The van der Waals surface area contributed by atoms with Crippen LogP contribution in [0.25, 0.3) is 0 Å². The topological polar surface area (TPSA) is 77.2 Å². The molecule has 3 aliphatic carbocycles. The Balaban J connectivity index is 1.37. The van der Waals surface area contributed by atoms with Gasteiger partial charge in [-0.3, -0.25) is 9.53 Å². The molecule has 0 aromatic carbocycles. The highest BCUT2D eigenvalue weighted by Gasteiger charge is 2.87. The van der Waals surface area contributed by atoms with E-state index in [-0.39, 0.29) is 29.7 Å². The molecule has 0 spiro atoms. The lowest BCUT2D eigenvalue weighted by molar-refractivity contribution is -0.352. The van der Waals surface area contributed by atoms with Crippen LogP contribution in [0.1, 0.15) is 43.4 Å². The fourth-order valence-corrected chi connectivity index (χ4v) is 3.24. The van der Waals surface area contributed by atoms with Gasteiger partial charge < -0.3 is 9.73 Å². The number of fused-ring (bicyclic) bond motifs is 1. The van der Waals surface area contributed by atoms with Crippen molar-refractivity contribution in [3.8, 4) is 0 Å². The molecule has 1 amide bonds. The van der Waals surface area contributed by atoms with Crippen LogP contribution in [-0.2, 0) is 14.9 Å². The van der Waals surface area contributed by atoms with Crippen LogP contribution in [0.3, 0.4) is 0 Å². The Hall–Kier alpha value is -1.64. The number of carbonyl (C=O) groups is 1. The smallest absolute Gasteiger partial charge is 0.424 e. The summed E-state index contributed by atoms with van der Waals surface area (Å²) in [6.45, 7) is 0. The Bertz CT molecular complexity index is 588. The number of alkyl halides is 3. The summed E-state index contributed by atoms with van der Waals surface area (Å²) in [5.41, 5.74) is -0.453. The molecule has 0 saturated heterocycles. The lowest BCUT2D eigenvalue weighted by atomic mass is 9.82. The first-order chi connectivity index (χ1) is 9.87. The lowest BCUT2D eigenvalue weighted by Gasteiger charge is -2.32. The molecule has 3 aliphatic rings. The van der Waals surface area contributed by atoms with Crippen LogP contribution in [0.4, 0.5) is 13.2 Å². The van der Waals surface area contributed by atoms with E-state index in [4.69, 9.17) is 4.42 Å². The second-order valence-corrected chi connectivity index (χ2v) is 6.08. The van der Waals surface area contributed by atoms with Crippen LogP contribution in [0.15, 0.2) is 4.42 Å². The molecule has 4 rings (SSSR count). The van der Waals surface area contributed by atoms with Crippen LogP contribution in [-0.4, -0.2) is 34.6 Å². The molecule has 3 saturated carbocycles. The third-order valence-electron chi connectivity index (χ3n) is 4.80. The van der Waals surface area contributed by atoms with E-state index >= 15 is 0 Å². The van der Waals surface area contributed by atoms with E-state index in [1.54, 1.807) is 0 Å². The van der Waals surface area contributed by atoms with E-state index < -0.39 is 12.5 Å². The number of nitrogens with zero attached hydrogens (tertiary/aromatic N) is 2. The second-order valence-electron chi connectivity index (χ2n) is 6.08. The molecule has 9 heteroatoms. The van der Waals surface area contributed by atoms with Crippen molar-refractivity contribution < 1.29 is 27.1 Å². The summed E-state index contributed by atoms with van der Waals surface area (Å²) in [6.07, 6.45) is -2.75. The molecule has 1 aromatic rings. The van der Waals surface area contributed by atoms with E-state index in [2.05, 4.69) is 20.3 Å². The summed E-state index contributed by atoms with van der Waals surface area (Å²) in [7, 11) is 0. The Morgan fingerprint density at radius 2 is 2.05 bits per heavy atom. The van der Waals surface area contributed by atoms with E-state index in [0.717, 1.165) is 12.8 Å². The van der Waals surface area contributed by atoms with E-state index in [1.807, 2.05) is 0 Å². The number of rotatable bonds is 5. The molecule has 114 valence electrons. The number of aromatic nitrogens is 2. The zero-order valence-corrected chi connectivity index (χ0v) is 10.8. The molecular weight excluding hydrogens is 291 g/mol. The van der Waals surface area contributed by atoms with Crippen molar-refractivity contribution in [1.29, 1.82) is 0 Å². The quantitative estimate of drug-likeness (QED) is 0.832. The highest BCUT2D eigenvalue weighted by atomic mass is 19.4. The number of halogens is 3. The molecule has 0 unspecified atom stereocenters. The molecule has 0 radical (unpaired) electrons. The zero-order chi connectivity index (χ0) is 14.9. The molecule has 21 heavy (non-hydrogen) atoms. The maximum Gasteiger partial charge on any atom is 0.522 e. The van der Waals surface area contributed by atoms with Crippen molar-refractivity contribution in [2.75, 3.05) is 0 Å². The van der Waals surface area contributed by atoms with E-state index in [1.165, 1.54) is 0 Å². The minimum atomic E-state index is -4.60. The predicted octanol–water partition coefficient (Wildman–Crippen LogP) is 1.38. The summed E-state index contributed by atoms with van der Waals surface area (Å²) in [5, 5.41) is 10.7. The van der Waals surface area contributed by atoms with Crippen LogP contribution >= 0.6 is 0 Å². The van der Waals surface area contributed by atoms with Gasteiger partial charge in [0, 0.05) is 5.92 Å². The van der Waals surface area contributed by atoms with Gasteiger partial charge >= 0.3 is 6.36 Å². The molecular formula is C12H12F3N3O3. The first kappa shape index (κ1) is 13.1. The van der Waals surface area contributed by atoms with Crippen molar-refractivity contribution >= 4 is 6.41 Å². The Labute approximate surface area is 117 Å². The molecule has 6 nitrogen and oxygen atoms in total. The van der Waals surface area contributed by atoms with Crippen molar-refractivity contribution in [2.45, 2.75) is 55.0 Å². The zero-order valence-electron chi connectivity index (χ0n) is 10.8. The highest BCUT2D eigenvalue weighted by Crippen LogP contribution is 2.78. The van der Waals surface area contributed by atoms with Crippen molar-refractivity contribution in [3.05, 3.63) is 11.8 Å². The van der Waals surface area contributed by atoms with Gasteiger partial charge in [-0.15, -0.1) is 23.4 Å². The van der Waals surface area contributed by atoms with Crippen LogP contribution in [0.2, 0.25) is 0 Å². The van der Waals surface area contributed by atoms with Crippen LogP contribution in [0.5, 0.6) is 0 Å². The molecule has 1 heterocycles. The average molecular weight is 303 g/mol. The molecule has 0 atom stereocenters. The summed E-state index contributed by atoms with van der Waals surface area (Å²) in [5.74, 6) is 0.660. The fraction of sp³-hybridized carbons (Fsp3) is 0.750. The Morgan fingerprint density at radius 3 is 2.67 bits per heavy atom. The maximum atomic E-state index is 12.0. The minimum absolute atomic E-state index is 0.180. The van der Waals surface area contributed by atoms with Crippen molar-refractivity contribution in [1.82, 2.24) is 15.5 Å². The Morgan fingerprint density at radius 1 is 1.33 bits per heavy atom. The van der Waals surface area contributed by atoms with Crippen molar-refractivity contribution in [3.63, 3.8) is 0 Å². The third-order valence-corrected chi connectivity index (χ3v) is 4.80. The summed E-state index contributed by atoms with van der Waals surface area (Å²) in [4.78, 5) is 10.5. The third kappa shape index (κ3) is 1.86. The van der Waals surface area contributed by atoms with Gasteiger partial charge in [0.15, 0.2) is 0 Å². The Kier molecular flexibility index (Phi) is 2.34. The number of nitrogens with one attached hydrogen (secondary N) is 1. The molecule has 0 bridgehead atoms. The van der Waals surface area contributed by atoms with Gasteiger partial charge in [-0.25, -0.2) is 0 Å². The maximum absolute atomic E-state index is 12.0. The van der Waals surface area contributed by atoms with Crippen LogP contribution < -0.4 is 5.32 Å². The van der Waals surface area contributed by atoms with Crippen molar-refractivity contribution in [2.24, 2.45) is 0 Å². The van der Waals surface area contributed by atoms with Crippen LogP contribution in [0, 0.1) is 0 Å². The number of hydrogen-bond acceptors (Lipinski definition) is 5. The normalized spacial score (nSPS) is 40.1. The second kappa shape index (κ2) is 3.76. The molecule has 1 N–H and O–H groups in total. The first-order valence-corrected chi connectivity index (χ1v) is 6.67. The summed E-state index contributed by atoms with van der Waals surface area (Å²) >= 11 is 0. The number of hydrogen-bond donors (Lipinski definition) is 1. The van der Waals surface area contributed by atoms with Gasteiger partial charge in [-0.05, 0) is 25.7 Å². The van der Waals surface area contributed by atoms with E-state index in [0.29, 0.717) is 18.2 Å². The largest absolute Gasteiger partial charge is 0.522 e. The summed E-state index contributed by atoms with van der Waals surface area (Å²) < 4.78 is 45.6. The van der Waals surface area contributed by atoms with Gasteiger partial charge in [0.05, 0.1) is 17.1 Å². The molecule has 0 aliphatic heterocycles. The minimum Gasteiger partial charge on any atom is -0.424 e. The molecule has 1 aromatic heterocycles. The fourth-order valence-electron chi connectivity index (χ4n) is 3.24. The average Bonchev–Trinajstić information content (AvgIpc) is 3.02. The van der Waals surface area contributed by atoms with E-state index in [9.17, 15) is 18.0 Å². The standard InChI is InChI=1S/C12H12F3N3O3/c13-12(14,15)21-7-1-6(2-7)8-17-18-9(20-8)10-3-11(10,4-10)16-5-19/h5-7H,1-4H2,(H,16,19).